The van der Waals surface area contributed by atoms with Gasteiger partial charge in [0.2, 0.25) is 0 Å². The fraction of sp³-hybridized carbons (Fsp3) is 0.286. The van der Waals surface area contributed by atoms with Crippen LogP contribution < -0.4 is 5.32 Å². The maximum atomic E-state index is 12.6. The third kappa shape index (κ3) is 3.36. The van der Waals surface area contributed by atoms with Gasteiger partial charge in [-0.25, -0.2) is 0 Å². The Morgan fingerprint density at radius 2 is 1.71 bits per heavy atom. The van der Waals surface area contributed by atoms with Crippen LogP contribution in [0.3, 0.4) is 0 Å². The molecule has 0 aliphatic rings. The lowest BCUT2D eigenvalue weighted by Crippen LogP contribution is -2.26. The van der Waals surface area contributed by atoms with E-state index in [2.05, 4.69) is 43.4 Å². The summed E-state index contributed by atoms with van der Waals surface area (Å²) in [5, 5.41) is 6.09. The number of hydrogen-bond acceptors (Lipinski definition) is 2. The Hall–Kier alpha value is -2.13. The lowest BCUT2D eigenvalue weighted by Gasteiger charge is -2.16. The highest BCUT2D eigenvalue weighted by atomic mass is 32.1. The van der Waals surface area contributed by atoms with E-state index >= 15 is 0 Å². The number of nitrogens with one attached hydrogen (secondary N) is 1. The second-order valence-corrected chi connectivity index (χ2v) is 7.23. The van der Waals surface area contributed by atoms with Gasteiger partial charge in [-0.1, -0.05) is 56.3 Å². The zero-order valence-electron chi connectivity index (χ0n) is 14.4. The third-order valence-electron chi connectivity index (χ3n) is 4.69. The fourth-order valence-corrected chi connectivity index (χ4v) is 3.80. The number of fused-ring (bicyclic) bond motifs is 1. The molecular weight excluding hydrogens is 314 g/mol. The van der Waals surface area contributed by atoms with Gasteiger partial charge in [-0.15, -0.1) is 11.3 Å². The van der Waals surface area contributed by atoms with Gasteiger partial charge in [-0.05, 0) is 36.5 Å². The highest BCUT2D eigenvalue weighted by molar-refractivity contribution is 7.17. The average Bonchev–Trinajstić information content (AvgIpc) is 3.05. The van der Waals surface area contributed by atoms with Crippen molar-refractivity contribution in [2.45, 2.75) is 39.2 Å². The van der Waals surface area contributed by atoms with Crippen molar-refractivity contribution in [1.29, 1.82) is 0 Å². The number of carbonyl (C=O) groups excluding carboxylic acids is 1. The predicted molar refractivity (Wildman–Crippen MR) is 103 cm³/mol. The van der Waals surface area contributed by atoms with E-state index in [4.69, 9.17) is 0 Å². The van der Waals surface area contributed by atoms with E-state index in [1.54, 1.807) is 11.3 Å². The van der Waals surface area contributed by atoms with Crippen molar-refractivity contribution in [1.82, 2.24) is 5.32 Å². The van der Waals surface area contributed by atoms with Gasteiger partial charge in [0.05, 0.1) is 11.6 Å². The molecule has 24 heavy (non-hydrogen) atoms. The van der Waals surface area contributed by atoms with Crippen LogP contribution in [0.25, 0.3) is 10.1 Å². The molecule has 0 unspecified atom stereocenters. The number of amides is 1. The van der Waals surface area contributed by atoms with E-state index < -0.39 is 0 Å². The lowest BCUT2D eigenvalue weighted by atomic mass is 9.96. The molecule has 1 amide bonds. The highest BCUT2D eigenvalue weighted by Crippen LogP contribution is 2.26. The molecule has 1 N–H and O–H groups in total. The maximum Gasteiger partial charge on any atom is 0.253 e. The normalized spacial score (nSPS) is 13.6. The molecule has 0 saturated carbocycles. The minimum absolute atomic E-state index is 0.00838. The van der Waals surface area contributed by atoms with Crippen LogP contribution in [0, 0.1) is 0 Å². The third-order valence-corrected chi connectivity index (χ3v) is 5.65. The smallest absolute Gasteiger partial charge is 0.253 e. The van der Waals surface area contributed by atoms with Crippen LogP contribution in [0.1, 0.15) is 60.6 Å². The molecule has 2 nitrogen and oxygen atoms in total. The number of thiophene rings is 1. The van der Waals surface area contributed by atoms with Crippen molar-refractivity contribution in [3.8, 4) is 0 Å². The van der Waals surface area contributed by atoms with Gasteiger partial charge in [0, 0.05) is 15.5 Å². The Balaban J connectivity index is 1.74. The molecule has 0 spiro atoms. The van der Waals surface area contributed by atoms with Crippen LogP contribution in [0.5, 0.6) is 0 Å². The molecule has 0 saturated heterocycles. The van der Waals surface area contributed by atoms with Crippen LogP contribution in [-0.2, 0) is 0 Å². The molecule has 0 aliphatic carbocycles. The molecule has 3 heteroatoms. The number of rotatable bonds is 5. The van der Waals surface area contributed by atoms with Gasteiger partial charge >= 0.3 is 0 Å². The standard InChI is InChI=1S/C21H23NOS/c1-4-14(2)16-9-11-17(12-10-16)15(3)22-21(23)19-13-24-20-8-6-5-7-18(19)20/h5-15H,4H2,1-3H3,(H,22,23)/t14-,15-/m0/s1. The van der Waals surface area contributed by atoms with Gasteiger partial charge in [-0.3, -0.25) is 4.79 Å². The molecule has 3 aromatic rings. The quantitative estimate of drug-likeness (QED) is 0.616. The van der Waals surface area contributed by atoms with E-state index in [1.807, 2.05) is 36.6 Å². The minimum atomic E-state index is -0.0119. The molecule has 1 aromatic heterocycles. The Morgan fingerprint density at radius 1 is 1.04 bits per heavy atom. The largest absolute Gasteiger partial charge is 0.345 e. The number of carbonyl (C=O) groups is 1. The first-order valence-corrected chi connectivity index (χ1v) is 9.35. The highest BCUT2D eigenvalue weighted by Gasteiger charge is 2.15. The first-order chi connectivity index (χ1) is 11.6. The molecule has 0 radical (unpaired) electrons. The molecule has 124 valence electrons. The van der Waals surface area contributed by atoms with Crippen LogP contribution >= 0.6 is 11.3 Å². The number of hydrogen-bond donors (Lipinski definition) is 1. The fourth-order valence-electron chi connectivity index (χ4n) is 2.86. The molecule has 3 rings (SSSR count). The summed E-state index contributed by atoms with van der Waals surface area (Å²) in [6.45, 7) is 6.47. The van der Waals surface area contributed by atoms with Crippen molar-refractivity contribution in [3.05, 3.63) is 70.6 Å². The Labute approximate surface area is 147 Å². The molecule has 0 fully saturated rings. The van der Waals surface area contributed by atoms with E-state index in [9.17, 15) is 4.79 Å². The minimum Gasteiger partial charge on any atom is -0.345 e. The summed E-state index contributed by atoms with van der Waals surface area (Å²) in [5.74, 6) is 0.562. The first-order valence-electron chi connectivity index (χ1n) is 8.47. The number of benzene rings is 2. The van der Waals surface area contributed by atoms with Crippen LogP contribution in [0.2, 0.25) is 0 Å². The van der Waals surface area contributed by atoms with Crippen molar-refractivity contribution >= 4 is 27.3 Å². The molecule has 2 aromatic carbocycles. The zero-order valence-corrected chi connectivity index (χ0v) is 15.2. The molecule has 1 heterocycles. The zero-order chi connectivity index (χ0) is 17.1. The van der Waals surface area contributed by atoms with E-state index in [0.717, 1.165) is 27.6 Å². The monoisotopic (exact) mass is 337 g/mol. The van der Waals surface area contributed by atoms with Gasteiger partial charge in [0.1, 0.15) is 0 Å². The lowest BCUT2D eigenvalue weighted by molar-refractivity contribution is 0.0942. The Morgan fingerprint density at radius 3 is 2.42 bits per heavy atom. The first kappa shape index (κ1) is 16.7. The summed E-state index contributed by atoms with van der Waals surface area (Å²) >= 11 is 1.61. The van der Waals surface area contributed by atoms with Crippen LogP contribution in [-0.4, -0.2) is 5.91 Å². The molecular formula is C21H23NOS. The maximum absolute atomic E-state index is 12.6. The summed E-state index contributed by atoms with van der Waals surface area (Å²) in [6, 6.07) is 16.6. The topological polar surface area (TPSA) is 29.1 Å². The van der Waals surface area contributed by atoms with Gasteiger partial charge in [0.15, 0.2) is 0 Å². The van der Waals surface area contributed by atoms with Gasteiger partial charge in [-0.2, -0.15) is 0 Å². The summed E-state index contributed by atoms with van der Waals surface area (Å²) < 4.78 is 1.15. The summed E-state index contributed by atoms with van der Waals surface area (Å²) in [7, 11) is 0. The SMILES string of the molecule is CC[C@H](C)c1ccc([C@H](C)NC(=O)c2csc3ccccc23)cc1. The predicted octanol–water partition coefficient (Wildman–Crippen LogP) is 5.91. The Kier molecular flexibility index (Phi) is 5.00. The van der Waals surface area contributed by atoms with Crippen LogP contribution in [0.4, 0.5) is 0 Å². The Bertz CT molecular complexity index is 834. The molecule has 0 aliphatic heterocycles. The van der Waals surface area contributed by atoms with E-state index in [0.29, 0.717) is 5.92 Å². The summed E-state index contributed by atoms with van der Waals surface area (Å²) in [4.78, 5) is 12.6. The van der Waals surface area contributed by atoms with Gasteiger partial charge < -0.3 is 5.32 Å². The second-order valence-electron chi connectivity index (χ2n) is 6.32. The van der Waals surface area contributed by atoms with Crippen molar-refractivity contribution in [2.24, 2.45) is 0 Å². The average molecular weight is 337 g/mol. The van der Waals surface area contributed by atoms with Crippen LogP contribution in [0.15, 0.2) is 53.9 Å². The van der Waals surface area contributed by atoms with E-state index in [-0.39, 0.29) is 11.9 Å². The molecule has 2 atom stereocenters. The molecule has 0 bridgehead atoms. The summed E-state index contributed by atoms with van der Waals surface area (Å²) in [6.07, 6.45) is 1.14. The van der Waals surface area contributed by atoms with E-state index in [1.165, 1.54) is 5.56 Å². The van der Waals surface area contributed by atoms with Gasteiger partial charge in [0.25, 0.3) is 5.91 Å². The summed E-state index contributed by atoms with van der Waals surface area (Å²) in [5.41, 5.74) is 3.25. The second kappa shape index (κ2) is 7.18. The van der Waals surface area contributed by atoms with Crippen molar-refractivity contribution in [2.75, 3.05) is 0 Å². The van der Waals surface area contributed by atoms with Crippen molar-refractivity contribution in [3.63, 3.8) is 0 Å². The van der Waals surface area contributed by atoms with Crippen molar-refractivity contribution < 1.29 is 4.79 Å².